The van der Waals surface area contributed by atoms with Crippen LogP contribution in [0.5, 0.6) is 0 Å². The van der Waals surface area contributed by atoms with Crippen LogP contribution in [-0.2, 0) is 0 Å². The van der Waals surface area contributed by atoms with E-state index in [1.807, 2.05) is 0 Å². The highest BCUT2D eigenvalue weighted by molar-refractivity contribution is 5.58. The second kappa shape index (κ2) is 1.57. The van der Waals surface area contributed by atoms with Crippen molar-refractivity contribution in [2.24, 2.45) is 10.7 Å². The average molecular weight is 113 g/mol. The number of aliphatic hydroxyl groups is 1. The van der Waals surface area contributed by atoms with Gasteiger partial charge in [0.2, 0.25) is 5.85 Å². The smallest absolute Gasteiger partial charge is 0.213 e. The maximum Gasteiger partial charge on any atom is 0.213 e. The molecule has 0 aromatic carbocycles. The van der Waals surface area contributed by atoms with Gasteiger partial charge in [0.1, 0.15) is 0 Å². The second-order valence-electron chi connectivity index (χ2n) is 1.56. The van der Waals surface area contributed by atoms with Gasteiger partial charge in [0.15, 0.2) is 0 Å². The fraction of sp³-hybridized carbons (Fsp3) is 0.250. The van der Waals surface area contributed by atoms with Crippen LogP contribution in [0.4, 0.5) is 0 Å². The van der Waals surface area contributed by atoms with Crippen molar-refractivity contribution in [2.45, 2.75) is 5.85 Å². The molecule has 1 aliphatic heterocycles. The number of nitrogens with one attached hydrogen (secondary N) is 1. The van der Waals surface area contributed by atoms with Crippen molar-refractivity contribution in [3.05, 3.63) is 12.3 Å². The molecule has 0 aromatic rings. The van der Waals surface area contributed by atoms with E-state index in [-0.39, 0.29) is 0 Å². The van der Waals surface area contributed by atoms with Gasteiger partial charge in [0.05, 0.1) is 6.34 Å². The largest absolute Gasteiger partial charge is 0.355 e. The quantitative estimate of drug-likeness (QED) is 0.343. The summed E-state index contributed by atoms with van der Waals surface area (Å²) in [5.74, 6) is -1.40. The third kappa shape index (κ3) is 1.05. The Morgan fingerprint density at radius 1 is 1.75 bits per heavy atom. The van der Waals surface area contributed by atoms with Crippen LogP contribution in [0.1, 0.15) is 0 Å². The summed E-state index contributed by atoms with van der Waals surface area (Å²) >= 11 is 0. The van der Waals surface area contributed by atoms with E-state index in [1.165, 1.54) is 18.6 Å². The van der Waals surface area contributed by atoms with Gasteiger partial charge < -0.3 is 10.4 Å². The summed E-state index contributed by atoms with van der Waals surface area (Å²) in [4.78, 5) is 3.62. The Balaban J connectivity index is 2.65. The van der Waals surface area contributed by atoms with Crippen LogP contribution < -0.4 is 11.1 Å². The number of hydrogen-bond acceptors (Lipinski definition) is 4. The molecule has 0 spiro atoms. The molecule has 1 aliphatic rings. The fourth-order valence-corrected chi connectivity index (χ4v) is 0.388. The molecule has 1 unspecified atom stereocenters. The maximum atomic E-state index is 8.86. The molecular weight excluding hydrogens is 106 g/mol. The standard InChI is InChI=1S/C4H7N3O/c5-4(8)1-2-6-3-7-4/h1-3,8H,5H2,(H,6,7). The lowest BCUT2D eigenvalue weighted by Gasteiger charge is -2.19. The van der Waals surface area contributed by atoms with E-state index < -0.39 is 5.85 Å². The van der Waals surface area contributed by atoms with Crippen molar-refractivity contribution in [1.82, 2.24) is 5.32 Å². The molecule has 0 saturated heterocycles. The summed E-state index contributed by atoms with van der Waals surface area (Å²) in [6.45, 7) is 0. The third-order valence-electron chi connectivity index (χ3n) is 0.785. The Bertz CT molecular complexity index is 138. The predicted molar refractivity (Wildman–Crippen MR) is 29.9 cm³/mol. The molecule has 8 heavy (non-hydrogen) atoms. The summed E-state index contributed by atoms with van der Waals surface area (Å²) < 4.78 is 0. The van der Waals surface area contributed by atoms with Gasteiger partial charge in [-0.2, -0.15) is 0 Å². The van der Waals surface area contributed by atoms with Gasteiger partial charge in [-0.15, -0.1) is 0 Å². The summed E-state index contributed by atoms with van der Waals surface area (Å²) in [5.41, 5.74) is 5.14. The molecule has 0 radical (unpaired) electrons. The highest BCUT2D eigenvalue weighted by atomic mass is 16.3. The summed E-state index contributed by atoms with van der Waals surface area (Å²) in [6.07, 6.45) is 4.11. The van der Waals surface area contributed by atoms with Crippen molar-refractivity contribution in [3.63, 3.8) is 0 Å². The Kier molecular flexibility index (Phi) is 1.04. The Hall–Kier alpha value is -0.870. The predicted octanol–water partition coefficient (Wildman–Crippen LogP) is -1.26. The minimum atomic E-state index is -1.40. The van der Waals surface area contributed by atoms with E-state index in [4.69, 9.17) is 10.8 Å². The van der Waals surface area contributed by atoms with Gasteiger partial charge in [-0.05, 0) is 0 Å². The van der Waals surface area contributed by atoms with E-state index in [0.29, 0.717) is 0 Å². The van der Waals surface area contributed by atoms with E-state index in [1.54, 1.807) is 0 Å². The molecule has 44 valence electrons. The van der Waals surface area contributed by atoms with Crippen molar-refractivity contribution in [3.8, 4) is 0 Å². The van der Waals surface area contributed by atoms with Crippen LogP contribution >= 0.6 is 0 Å². The van der Waals surface area contributed by atoms with E-state index in [2.05, 4.69) is 10.3 Å². The zero-order valence-electron chi connectivity index (χ0n) is 4.20. The Morgan fingerprint density at radius 2 is 2.50 bits per heavy atom. The lowest BCUT2D eigenvalue weighted by Crippen LogP contribution is -2.52. The van der Waals surface area contributed by atoms with Gasteiger partial charge >= 0.3 is 0 Å². The lowest BCUT2D eigenvalue weighted by molar-refractivity contribution is 0.0827. The van der Waals surface area contributed by atoms with E-state index >= 15 is 0 Å². The molecule has 1 atom stereocenters. The molecule has 1 rings (SSSR count). The molecule has 0 aromatic heterocycles. The zero-order valence-corrected chi connectivity index (χ0v) is 4.20. The molecule has 0 bridgehead atoms. The molecule has 4 heteroatoms. The minimum absolute atomic E-state index is 1.33. The number of nitrogens with zero attached hydrogens (tertiary/aromatic N) is 1. The number of hydrogen-bond donors (Lipinski definition) is 3. The molecular formula is C4H7N3O. The normalized spacial score (nSPS) is 34.8. The van der Waals surface area contributed by atoms with Gasteiger partial charge in [-0.1, -0.05) is 0 Å². The second-order valence-corrected chi connectivity index (χ2v) is 1.56. The number of aliphatic imine (C=N–C) groups is 1. The Morgan fingerprint density at radius 3 is 2.75 bits per heavy atom. The van der Waals surface area contributed by atoms with Crippen LogP contribution in [0, 0.1) is 0 Å². The van der Waals surface area contributed by atoms with Gasteiger partial charge in [0.25, 0.3) is 0 Å². The van der Waals surface area contributed by atoms with Gasteiger partial charge in [0, 0.05) is 12.3 Å². The zero-order chi connectivity index (χ0) is 6.04. The molecule has 0 fully saturated rings. The first kappa shape index (κ1) is 5.27. The molecule has 4 nitrogen and oxygen atoms in total. The molecule has 0 saturated carbocycles. The first-order chi connectivity index (χ1) is 3.71. The van der Waals surface area contributed by atoms with E-state index in [9.17, 15) is 0 Å². The lowest BCUT2D eigenvalue weighted by atomic mass is 10.4. The van der Waals surface area contributed by atoms with Crippen molar-refractivity contribution in [1.29, 1.82) is 0 Å². The first-order valence-electron chi connectivity index (χ1n) is 2.19. The number of nitrogens with two attached hydrogens (primary N) is 1. The number of rotatable bonds is 0. The first-order valence-corrected chi connectivity index (χ1v) is 2.19. The van der Waals surface area contributed by atoms with Crippen molar-refractivity contribution < 1.29 is 5.11 Å². The third-order valence-corrected chi connectivity index (χ3v) is 0.785. The van der Waals surface area contributed by atoms with Gasteiger partial charge in [-0.3, -0.25) is 5.73 Å². The van der Waals surface area contributed by atoms with Crippen LogP contribution in [0.2, 0.25) is 0 Å². The van der Waals surface area contributed by atoms with E-state index in [0.717, 1.165) is 0 Å². The monoisotopic (exact) mass is 113 g/mol. The highest BCUT2D eigenvalue weighted by Crippen LogP contribution is 1.93. The summed E-state index contributed by atoms with van der Waals surface area (Å²) in [7, 11) is 0. The van der Waals surface area contributed by atoms with Crippen molar-refractivity contribution >= 4 is 6.34 Å². The molecule has 4 N–H and O–H groups in total. The van der Waals surface area contributed by atoms with Crippen LogP contribution in [0.3, 0.4) is 0 Å². The average Bonchev–Trinajstić information content (AvgIpc) is 1.65. The summed E-state index contributed by atoms with van der Waals surface area (Å²) in [5, 5.41) is 11.3. The van der Waals surface area contributed by atoms with Crippen LogP contribution in [-0.4, -0.2) is 17.3 Å². The topological polar surface area (TPSA) is 70.6 Å². The van der Waals surface area contributed by atoms with Gasteiger partial charge in [-0.25, -0.2) is 4.99 Å². The SMILES string of the molecule is NC1(O)C=CN=CN1. The van der Waals surface area contributed by atoms with Crippen LogP contribution in [0.25, 0.3) is 0 Å². The molecule has 1 heterocycles. The summed E-state index contributed by atoms with van der Waals surface area (Å²) in [6, 6.07) is 0. The molecule has 0 amide bonds. The molecule has 0 aliphatic carbocycles. The van der Waals surface area contributed by atoms with Crippen molar-refractivity contribution in [2.75, 3.05) is 0 Å². The Labute approximate surface area is 46.7 Å². The van der Waals surface area contributed by atoms with Crippen LogP contribution in [0.15, 0.2) is 17.3 Å². The maximum absolute atomic E-state index is 8.86. The highest BCUT2D eigenvalue weighted by Gasteiger charge is 2.14. The minimum Gasteiger partial charge on any atom is -0.355 e. The fourth-order valence-electron chi connectivity index (χ4n) is 0.388.